The highest BCUT2D eigenvalue weighted by Crippen LogP contribution is 2.02. The average molecular weight is 206 g/mol. The van der Waals surface area contributed by atoms with Crippen molar-refractivity contribution in [3.05, 3.63) is 42.2 Å². The SMILES string of the molecule is CCCOC(C)OC=Cc1ccccc1. The van der Waals surface area contributed by atoms with Crippen LogP contribution in [-0.4, -0.2) is 12.9 Å². The van der Waals surface area contributed by atoms with E-state index in [9.17, 15) is 0 Å². The summed E-state index contributed by atoms with van der Waals surface area (Å²) in [5.41, 5.74) is 1.13. The molecule has 0 amide bonds. The molecule has 0 aromatic heterocycles. The van der Waals surface area contributed by atoms with Gasteiger partial charge in [-0.2, -0.15) is 0 Å². The molecule has 15 heavy (non-hydrogen) atoms. The van der Waals surface area contributed by atoms with Gasteiger partial charge in [0, 0.05) is 0 Å². The molecular formula is C13H18O2. The Labute approximate surface area is 91.5 Å². The molecular weight excluding hydrogens is 188 g/mol. The van der Waals surface area contributed by atoms with Gasteiger partial charge in [-0.05, 0) is 25.0 Å². The zero-order valence-electron chi connectivity index (χ0n) is 9.35. The number of ether oxygens (including phenoxy) is 2. The Bertz CT molecular complexity index is 280. The van der Waals surface area contributed by atoms with Gasteiger partial charge in [0.2, 0.25) is 0 Å². The van der Waals surface area contributed by atoms with Gasteiger partial charge in [-0.15, -0.1) is 0 Å². The first-order valence-electron chi connectivity index (χ1n) is 5.31. The summed E-state index contributed by atoms with van der Waals surface area (Å²) in [5.74, 6) is 0. The fourth-order valence-corrected chi connectivity index (χ4v) is 1.12. The lowest BCUT2D eigenvalue weighted by atomic mass is 10.2. The number of benzene rings is 1. The lowest BCUT2D eigenvalue weighted by molar-refractivity contribution is -0.0917. The van der Waals surface area contributed by atoms with Gasteiger partial charge in [0.25, 0.3) is 0 Å². The van der Waals surface area contributed by atoms with Crippen LogP contribution in [0.3, 0.4) is 0 Å². The minimum Gasteiger partial charge on any atom is -0.473 e. The predicted molar refractivity (Wildman–Crippen MR) is 62.3 cm³/mol. The van der Waals surface area contributed by atoms with Gasteiger partial charge in [-0.25, -0.2) is 0 Å². The second-order valence-corrected chi connectivity index (χ2v) is 3.29. The van der Waals surface area contributed by atoms with Gasteiger partial charge in [0.1, 0.15) is 0 Å². The third kappa shape index (κ3) is 5.23. The molecule has 1 rings (SSSR count). The summed E-state index contributed by atoms with van der Waals surface area (Å²) in [6.07, 6.45) is 4.43. The van der Waals surface area contributed by atoms with Crippen molar-refractivity contribution in [1.29, 1.82) is 0 Å². The molecule has 0 fully saturated rings. The third-order valence-corrected chi connectivity index (χ3v) is 1.89. The minimum atomic E-state index is -0.176. The van der Waals surface area contributed by atoms with E-state index in [1.165, 1.54) is 0 Å². The molecule has 0 bridgehead atoms. The summed E-state index contributed by atoms with van der Waals surface area (Å²) >= 11 is 0. The van der Waals surface area contributed by atoms with Crippen molar-refractivity contribution in [2.75, 3.05) is 6.61 Å². The maximum atomic E-state index is 5.36. The van der Waals surface area contributed by atoms with Crippen LogP contribution < -0.4 is 0 Å². The quantitative estimate of drug-likeness (QED) is 0.524. The first-order chi connectivity index (χ1) is 7.33. The van der Waals surface area contributed by atoms with Crippen LogP contribution in [0.25, 0.3) is 6.08 Å². The Hall–Kier alpha value is -1.28. The zero-order valence-corrected chi connectivity index (χ0v) is 9.35. The third-order valence-electron chi connectivity index (χ3n) is 1.89. The molecule has 2 nitrogen and oxygen atoms in total. The summed E-state index contributed by atoms with van der Waals surface area (Å²) in [7, 11) is 0. The van der Waals surface area contributed by atoms with E-state index < -0.39 is 0 Å². The van der Waals surface area contributed by atoms with Crippen molar-refractivity contribution in [3.8, 4) is 0 Å². The fraction of sp³-hybridized carbons (Fsp3) is 0.385. The van der Waals surface area contributed by atoms with E-state index in [0.717, 1.165) is 18.6 Å². The smallest absolute Gasteiger partial charge is 0.196 e. The summed E-state index contributed by atoms with van der Waals surface area (Å²) in [5, 5.41) is 0. The van der Waals surface area contributed by atoms with E-state index in [0.29, 0.717) is 0 Å². The molecule has 0 aliphatic heterocycles. The molecule has 2 heteroatoms. The summed E-state index contributed by atoms with van der Waals surface area (Å²) in [6, 6.07) is 10.0. The fourth-order valence-electron chi connectivity index (χ4n) is 1.12. The van der Waals surface area contributed by atoms with Crippen LogP contribution in [0.15, 0.2) is 36.6 Å². The molecule has 0 spiro atoms. The molecule has 1 aromatic rings. The van der Waals surface area contributed by atoms with E-state index in [4.69, 9.17) is 9.47 Å². The number of rotatable bonds is 6. The van der Waals surface area contributed by atoms with Crippen molar-refractivity contribution < 1.29 is 9.47 Å². The van der Waals surface area contributed by atoms with Crippen molar-refractivity contribution in [1.82, 2.24) is 0 Å². The lowest BCUT2D eigenvalue weighted by Gasteiger charge is -2.11. The lowest BCUT2D eigenvalue weighted by Crippen LogP contribution is -2.09. The molecule has 0 radical (unpaired) electrons. The summed E-state index contributed by atoms with van der Waals surface area (Å²) < 4.78 is 10.7. The topological polar surface area (TPSA) is 18.5 Å². The van der Waals surface area contributed by atoms with Gasteiger partial charge in [0.05, 0.1) is 12.9 Å². The summed E-state index contributed by atoms with van der Waals surface area (Å²) in [4.78, 5) is 0. The van der Waals surface area contributed by atoms with Crippen molar-refractivity contribution in [2.45, 2.75) is 26.6 Å². The molecule has 0 aliphatic rings. The van der Waals surface area contributed by atoms with Crippen LogP contribution in [0, 0.1) is 0 Å². The molecule has 1 atom stereocenters. The largest absolute Gasteiger partial charge is 0.473 e. The number of hydrogen-bond acceptors (Lipinski definition) is 2. The van der Waals surface area contributed by atoms with Crippen LogP contribution in [0.5, 0.6) is 0 Å². The van der Waals surface area contributed by atoms with Crippen LogP contribution in [0.4, 0.5) is 0 Å². The second-order valence-electron chi connectivity index (χ2n) is 3.29. The average Bonchev–Trinajstić information content (AvgIpc) is 2.28. The van der Waals surface area contributed by atoms with Crippen LogP contribution >= 0.6 is 0 Å². The van der Waals surface area contributed by atoms with E-state index >= 15 is 0 Å². The van der Waals surface area contributed by atoms with Gasteiger partial charge in [0.15, 0.2) is 6.29 Å². The van der Waals surface area contributed by atoms with Gasteiger partial charge >= 0.3 is 0 Å². The van der Waals surface area contributed by atoms with E-state index in [1.54, 1.807) is 6.26 Å². The van der Waals surface area contributed by atoms with Crippen molar-refractivity contribution >= 4 is 6.08 Å². The predicted octanol–water partition coefficient (Wildman–Crippen LogP) is 3.45. The Morgan fingerprint density at radius 2 is 2.00 bits per heavy atom. The van der Waals surface area contributed by atoms with Crippen LogP contribution in [-0.2, 0) is 9.47 Å². The Balaban J connectivity index is 2.27. The molecule has 0 N–H and O–H groups in total. The highest BCUT2D eigenvalue weighted by Gasteiger charge is 1.96. The van der Waals surface area contributed by atoms with Gasteiger partial charge in [-0.1, -0.05) is 37.3 Å². The Kier molecular flexibility index (Phi) is 5.56. The number of hydrogen-bond donors (Lipinski definition) is 0. The summed E-state index contributed by atoms with van der Waals surface area (Å²) in [6.45, 7) is 4.71. The molecule has 82 valence electrons. The molecule has 1 aromatic carbocycles. The van der Waals surface area contributed by atoms with Crippen molar-refractivity contribution in [2.24, 2.45) is 0 Å². The maximum absolute atomic E-state index is 5.36. The van der Waals surface area contributed by atoms with Crippen LogP contribution in [0.1, 0.15) is 25.8 Å². The van der Waals surface area contributed by atoms with Crippen LogP contribution in [0.2, 0.25) is 0 Å². The Morgan fingerprint density at radius 1 is 1.27 bits per heavy atom. The molecule has 0 saturated heterocycles. The van der Waals surface area contributed by atoms with Gasteiger partial charge < -0.3 is 9.47 Å². The molecule has 0 saturated carbocycles. The first kappa shape index (κ1) is 11.8. The standard InChI is InChI=1S/C13H18O2/c1-3-10-14-12(2)15-11-9-13-7-5-4-6-8-13/h4-9,11-12H,3,10H2,1-2H3. The highest BCUT2D eigenvalue weighted by atomic mass is 16.7. The van der Waals surface area contributed by atoms with E-state index in [1.807, 2.05) is 43.3 Å². The maximum Gasteiger partial charge on any atom is 0.196 e. The van der Waals surface area contributed by atoms with Crippen molar-refractivity contribution in [3.63, 3.8) is 0 Å². The second kappa shape index (κ2) is 7.07. The molecule has 0 heterocycles. The molecule has 0 aliphatic carbocycles. The minimum absolute atomic E-state index is 0.176. The monoisotopic (exact) mass is 206 g/mol. The first-order valence-corrected chi connectivity index (χ1v) is 5.31. The molecule has 1 unspecified atom stereocenters. The zero-order chi connectivity index (χ0) is 10.9. The normalized spacial score (nSPS) is 12.9. The highest BCUT2D eigenvalue weighted by molar-refractivity contribution is 5.47. The Morgan fingerprint density at radius 3 is 2.67 bits per heavy atom. The van der Waals surface area contributed by atoms with Gasteiger partial charge in [-0.3, -0.25) is 0 Å². The van der Waals surface area contributed by atoms with E-state index in [-0.39, 0.29) is 6.29 Å². The van der Waals surface area contributed by atoms with E-state index in [2.05, 4.69) is 6.92 Å².